The standard InChI is InChI=1S/C20H22N2O/c21-15-20(22-13-5-2-6-14-22)18-9-11-19(12-10-18)23-16-17-7-3-1-4-8-17/h1,3-4,7-12,20H,2,5-6,13-14,16H2. The molecule has 0 N–H and O–H groups in total. The van der Waals surface area contributed by atoms with Crippen molar-refractivity contribution in [3.8, 4) is 11.8 Å². The van der Waals surface area contributed by atoms with Gasteiger partial charge in [0, 0.05) is 0 Å². The first-order valence-electron chi connectivity index (χ1n) is 8.27. The fraction of sp³-hybridized carbons (Fsp3) is 0.350. The molecular formula is C20H22N2O. The van der Waals surface area contributed by atoms with E-state index in [1.165, 1.54) is 19.3 Å². The van der Waals surface area contributed by atoms with Crippen molar-refractivity contribution in [1.29, 1.82) is 5.26 Å². The molecule has 3 nitrogen and oxygen atoms in total. The minimum atomic E-state index is -0.140. The molecule has 0 aromatic heterocycles. The van der Waals surface area contributed by atoms with Crippen LogP contribution >= 0.6 is 0 Å². The summed E-state index contributed by atoms with van der Waals surface area (Å²) in [7, 11) is 0. The van der Waals surface area contributed by atoms with E-state index in [0.717, 1.165) is 30.0 Å². The van der Waals surface area contributed by atoms with Crippen LogP contribution in [0.3, 0.4) is 0 Å². The van der Waals surface area contributed by atoms with Gasteiger partial charge in [-0.15, -0.1) is 0 Å². The van der Waals surface area contributed by atoms with E-state index in [2.05, 4.69) is 23.1 Å². The van der Waals surface area contributed by atoms with E-state index >= 15 is 0 Å². The molecule has 0 amide bonds. The van der Waals surface area contributed by atoms with Crippen LogP contribution in [0.15, 0.2) is 54.6 Å². The van der Waals surface area contributed by atoms with Gasteiger partial charge >= 0.3 is 0 Å². The Morgan fingerprint density at radius 1 is 0.957 bits per heavy atom. The van der Waals surface area contributed by atoms with E-state index in [0.29, 0.717) is 6.61 Å². The molecule has 0 bridgehead atoms. The molecular weight excluding hydrogens is 284 g/mol. The van der Waals surface area contributed by atoms with Crippen molar-refractivity contribution in [2.24, 2.45) is 0 Å². The average molecular weight is 306 g/mol. The summed E-state index contributed by atoms with van der Waals surface area (Å²) < 4.78 is 5.81. The van der Waals surface area contributed by atoms with Gasteiger partial charge in [0.15, 0.2) is 0 Å². The summed E-state index contributed by atoms with van der Waals surface area (Å²) >= 11 is 0. The molecule has 0 radical (unpaired) electrons. The molecule has 0 aliphatic carbocycles. The van der Waals surface area contributed by atoms with Gasteiger partial charge in [-0.05, 0) is 49.2 Å². The SMILES string of the molecule is N#CC(c1ccc(OCc2ccccc2)cc1)N1CCCCC1. The lowest BCUT2D eigenvalue weighted by atomic mass is 10.0. The van der Waals surface area contributed by atoms with Gasteiger partial charge in [-0.2, -0.15) is 5.26 Å². The van der Waals surface area contributed by atoms with Crippen LogP contribution in [0.5, 0.6) is 5.75 Å². The Morgan fingerprint density at radius 3 is 2.30 bits per heavy atom. The number of nitriles is 1. The number of benzene rings is 2. The molecule has 118 valence electrons. The molecule has 0 saturated carbocycles. The first kappa shape index (κ1) is 15.6. The Bertz CT molecular complexity index is 640. The Balaban J connectivity index is 1.62. The number of rotatable bonds is 5. The number of nitrogens with zero attached hydrogens (tertiary/aromatic N) is 2. The van der Waals surface area contributed by atoms with Crippen molar-refractivity contribution < 1.29 is 4.74 Å². The molecule has 0 spiro atoms. The third-order valence-electron chi connectivity index (χ3n) is 4.32. The molecule has 1 heterocycles. The summed E-state index contributed by atoms with van der Waals surface area (Å²) in [5, 5.41) is 9.53. The van der Waals surface area contributed by atoms with Gasteiger partial charge in [-0.25, -0.2) is 0 Å². The van der Waals surface area contributed by atoms with E-state index in [4.69, 9.17) is 4.74 Å². The first-order valence-corrected chi connectivity index (χ1v) is 8.27. The van der Waals surface area contributed by atoms with Crippen LogP contribution in [-0.4, -0.2) is 18.0 Å². The monoisotopic (exact) mass is 306 g/mol. The zero-order valence-electron chi connectivity index (χ0n) is 13.3. The lowest BCUT2D eigenvalue weighted by molar-refractivity contribution is 0.196. The maximum Gasteiger partial charge on any atom is 0.123 e. The van der Waals surface area contributed by atoms with Gasteiger partial charge in [0.1, 0.15) is 18.4 Å². The van der Waals surface area contributed by atoms with E-state index in [9.17, 15) is 5.26 Å². The minimum absolute atomic E-state index is 0.140. The van der Waals surface area contributed by atoms with Crippen molar-refractivity contribution in [1.82, 2.24) is 4.90 Å². The minimum Gasteiger partial charge on any atom is -0.489 e. The number of piperidine rings is 1. The highest BCUT2D eigenvalue weighted by molar-refractivity contribution is 5.32. The molecule has 1 fully saturated rings. The third-order valence-corrected chi connectivity index (χ3v) is 4.32. The van der Waals surface area contributed by atoms with Crippen molar-refractivity contribution in [2.45, 2.75) is 31.9 Å². The van der Waals surface area contributed by atoms with Gasteiger partial charge in [0.2, 0.25) is 0 Å². The van der Waals surface area contributed by atoms with E-state index in [1.807, 2.05) is 42.5 Å². The molecule has 3 heteroatoms. The summed E-state index contributed by atoms with van der Waals surface area (Å²) in [6.45, 7) is 2.60. The Morgan fingerprint density at radius 2 is 1.65 bits per heavy atom. The smallest absolute Gasteiger partial charge is 0.123 e. The van der Waals surface area contributed by atoms with Gasteiger partial charge < -0.3 is 4.74 Å². The fourth-order valence-corrected chi connectivity index (χ4v) is 3.03. The molecule has 1 atom stereocenters. The largest absolute Gasteiger partial charge is 0.489 e. The first-order chi connectivity index (χ1) is 11.4. The van der Waals surface area contributed by atoms with Crippen molar-refractivity contribution >= 4 is 0 Å². The van der Waals surface area contributed by atoms with Crippen LogP contribution < -0.4 is 4.74 Å². The fourth-order valence-electron chi connectivity index (χ4n) is 3.03. The second-order valence-electron chi connectivity index (χ2n) is 5.97. The number of hydrogen-bond donors (Lipinski definition) is 0. The van der Waals surface area contributed by atoms with Crippen molar-refractivity contribution in [3.05, 3.63) is 65.7 Å². The second-order valence-corrected chi connectivity index (χ2v) is 5.97. The van der Waals surface area contributed by atoms with E-state index in [1.54, 1.807) is 0 Å². The quantitative estimate of drug-likeness (QED) is 0.825. The predicted octanol–water partition coefficient (Wildman–Crippen LogP) is 4.32. The lowest BCUT2D eigenvalue weighted by Gasteiger charge is -2.30. The second kappa shape index (κ2) is 7.80. The number of ether oxygens (including phenoxy) is 1. The maximum absolute atomic E-state index is 9.53. The normalized spacial score (nSPS) is 16.5. The molecule has 3 rings (SSSR count). The van der Waals surface area contributed by atoms with Crippen LogP contribution in [-0.2, 0) is 6.61 Å². The summed E-state index contributed by atoms with van der Waals surface area (Å²) in [5.41, 5.74) is 2.21. The molecule has 1 aliphatic heterocycles. The Kier molecular flexibility index (Phi) is 5.29. The summed E-state index contributed by atoms with van der Waals surface area (Å²) in [6.07, 6.45) is 3.66. The zero-order valence-corrected chi connectivity index (χ0v) is 13.3. The van der Waals surface area contributed by atoms with E-state index in [-0.39, 0.29) is 6.04 Å². The molecule has 2 aromatic rings. The Hall–Kier alpha value is -2.31. The molecule has 2 aromatic carbocycles. The van der Waals surface area contributed by atoms with Crippen LogP contribution in [0.25, 0.3) is 0 Å². The molecule has 1 aliphatic rings. The maximum atomic E-state index is 9.53. The third kappa shape index (κ3) is 4.12. The summed E-state index contributed by atoms with van der Waals surface area (Å²) in [6, 6.07) is 20.4. The van der Waals surface area contributed by atoms with Gasteiger partial charge in [0.25, 0.3) is 0 Å². The average Bonchev–Trinajstić information content (AvgIpc) is 2.63. The van der Waals surface area contributed by atoms with Crippen molar-refractivity contribution in [2.75, 3.05) is 13.1 Å². The van der Waals surface area contributed by atoms with Crippen LogP contribution in [0.4, 0.5) is 0 Å². The highest BCUT2D eigenvalue weighted by Gasteiger charge is 2.21. The molecule has 23 heavy (non-hydrogen) atoms. The van der Waals surface area contributed by atoms with Gasteiger partial charge in [-0.3, -0.25) is 4.90 Å². The number of hydrogen-bond acceptors (Lipinski definition) is 3. The molecule has 1 saturated heterocycles. The molecule has 1 unspecified atom stereocenters. The topological polar surface area (TPSA) is 36.3 Å². The summed E-state index contributed by atoms with van der Waals surface area (Å²) in [5.74, 6) is 0.841. The highest BCUT2D eigenvalue weighted by atomic mass is 16.5. The van der Waals surface area contributed by atoms with Crippen molar-refractivity contribution in [3.63, 3.8) is 0 Å². The predicted molar refractivity (Wildman–Crippen MR) is 91.0 cm³/mol. The van der Waals surface area contributed by atoms with Crippen LogP contribution in [0.2, 0.25) is 0 Å². The highest BCUT2D eigenvalue weighted by Crippen LogP contribution is 2.25. The van der Waals surface area contributed by atoms with Crippen LogP contribution in [0, 0.1) is 11.3 Å². The van der Waals surface area contributed by atoms with E-state index < -0.39 is 0 Å². The zero-order chi connectivity index (χ0) is 15.9. The number of likely N-dealkylation sites (tertiary alicyclic amines) is 1. The van der Waals surface area contributed by atoms with Gasteiger partial charge in [-0.1, -0.05) is 48.9 Å². The summed E-state index contributed by atoms with van der Waals surface area (Å²) in [4.78, 5) is 2.28. The lowest BCUT2D eigenvalue weighted by Crippen LogP contribution is -2.33. The van der Waals surface area contributed by atoms with Crippen LogP contribution in [0.1, 0.15) is 36.4 Å². The Labute approximate surface area is 138 Å². The van der Waals surface area contributed by atoms with Gasteiger partial charge in [0.05, 0.1) is 6.07 Å².